The topological polar surface area (TPSA) is 105 Å². The molecule has 37 heavy (non-hydrogen) atoms. The Kier molecular flexibility index (Phi) is 8.54. The molecular formula is C27H32ClN3O5S. The number of thiophene rings is 1. The zero-order valence-electron chi connectivity index (χ0n) is 21.1. The Morgan fingerprint density at radius 3 is 2.43 bits per heavy atom. The van der Waals surface area contributed by atoms with Crippen molar-refractivity contribution in [1.29, 1.82) is 0 Å². The van der Waals surface area contributed by atoms with E-state index in [9.17, 15) is 19.2 Å². The van der Waals surface area contributed by atoms with Crippen molar-refractivity contribution in [1.82, 2.24) is 15.5 Å². The predicted molar refractivity (Wildman–Crippen MR) is 141 cm³/mol. The molecule has 2 N–H and O–H groups in total. The van der Waals surface area contributed by atoms with Gasteiger partial charge in [0.25, 0.3) is 0 Å². The molecule has 0 radical (unpaired) electrons. The molecule has 10 heteroatoms. The number of methoxy groups -OCH3 is 1. The lowest BCUT2D eigenvalue weighted by molar-refractivity contribution is -0.146. The zero-order chi connectivity index (χ0) is 26.7. The molecule has 5 atom stereocenters. The lowest BCUT2D eigenvalue weighted by Crippen LogP contribution is -2.58. The zero-order valence-corrected chi connectivity index (χ0v) is 22.7. The highest BCUT2D eigenvalue weighted by atomic mass is 35.5. The molecule has 0 spiro atoms. The molecule has 2 aliphatic rings. The Labute approximate surface area is 225 Å². The largest absolute Gasteiger partial charge is 0.467 e. The fourth-order valence-electron chi connectivity index (χ4n) is 4.97. The second-order valence-electron chi connectivity index (χ2n) is 10.0. The number of nitrogens with zero attached hydrogens (tertiary/aromatic N) is 1. The van der Waals surface area contributed by atoms with Gasteiger partial charge in [0, 0.05) is 17.3 Å². The van der Waals surface area contributed by atoms with Crippen LogP contribution in [-0.2, 0) is 36.8 Å². The van der Waals surface area contributed by atoms with Crippen LogP contribution < -0.4 is 10.6 Å². The number of esters is 1. The summed E-state index contributed by atoms with van der Waals surface area (Å²) >= 11 is 7.36. The van der Waals surface area contributed by atoms with E-state index in [1.54, 1.807) is 11.0 Å². The average Bonchev–Trinajstić information content (AvgIpc) is 3.33. The van der Waals surface area contributed by atoms with Crippen LogP contribution >= 0.6 is 22.9 Å². The van der Waals surface area contributed by atoms with Crippen molar-refractivity contribution in [2.75, 3.05) is 7.11 Å². The molecule has 3 amide bonds. The molecule has 1 saturated heterocycles. The molecule has 8 nitrogen and oxygen atoms in total. The second-order valence-corrected chi connectivity index (χ2v) is 11.8. The first-order chi connectivity index (χ1) is 17.7. The van der Waals surface area contributed by atoms with Gasteiger partial charge in [0.05, 0.1) is 17.9 Å². The van der Waals surface area contributed by atoms with E-state index in [1.165, 1.54) is 18.4 Å². The van der Waals surface area contributed by atoms with Gasteiger partial charge in [-0.05, 0) is 42.4 Å². The Morgan fingerprint density at radius 1 is 1.08 bits per heavy atom. The maximum Gasteiger partial charge on any atom is 0.328 e. The van der Waals surface area contributed by atoms with E-state index in [0.29, 0.717) is 16.7 Å². The van der Waals surface area contributed by atoms with E-state index in [1.807, 2.05) is 50.2 Å². The first kappa shape index (κ1) is 27.1. The summed E-state index contributed by atoms with van der Waals surface area (Å²) in [7, 11) is 1.27. The molecule has 0 bridgehead atoms. The third-order valence-corrected chi connectivity index (χ3v) is 8.21. The van der Waals surface area contributed by atoms with Crippen molar-refractivity contribution < 1.29 is 23.9 Å². The number of carbonyl (C=O) groups is 4. The van der Waals surface area contributed by atoms with Crippen molar-refractivity contribution in [3.63, 3.8) is 0 Å². The summed E-state index contributed by atoms with van der Waals surface area (Å²) in [4.78, 5) is 54.7. The fourth-order valence-corrected chi connectivity index (χ4v) is 6.05. The van der Waals surface area contributed by atoms with E-state index in [-0.39, 0.29) is 36.6 Å². The minimum absolute atomic E-state index is 0.0691. The highest BCUT2D eigenvalue weighted by Crippen LogP contribution is 2.48. The van der Waals surface area contributed by atoms with Crippen LogP contribution in [-0.4, -0.2) is 59.9 Å². The number of carbonyl (C=O) groups excluding carboxylic acids is 4. The maximum absolute atomic E-state index is 13.4. The van der Waals surface area contributed by atoms with E-state index in [2.05, 4.69) is 10.6 Å². The van der Waals surface area contributed by atoms with Crippen LogP contribution in [0, 0.1) is 11.8 Å². The monoisotopic (exact) mass is 545 g/mol. The molecule has 2 aromatic rings. The van der Waals surface area contributed by atoms with E-state index in [4.69, 9.17) is 16.3 Å². The van der Waals surface area contributed by atoms with Gasteiger partial charge in [0.15, 0.2) is 0 Å². The summed E-state index contributed by atoms with van der Waals surface area (Å²) in [5.41, 5.74) is 0.870. The molecule has 1 saturated carbocycles. The molecule has 1 unspecified atom stereocenters. The number of hydrogen-bond acceptors (Lipinski definition) is 6. The predicted octanol–water partition coefficient (Wildman–Crippen LogP) is 2.97. The number of benzene rings is 1. The number of halogens is 1. The van der Waals surface area contributed by atoms with E-state index < -0.39 is 30.0 Å². The normalized spacial score (nSPS) is 21.6. The van der Waals surface area contributed by atoms with Crippen molar-refractivity contribution in [2.24, 2.45) is 11.8 Å². The summed E-state index contributed by atoms with van der Waals surface area (Å²) in [5, 5.41) is 5.62. The summed E-state index contributed by atoms with van der Waals surface area (Å²) in [6.07, 6.45) is 1.94. The van der Waals surface area contributed by atoms with Gasteiger partial charge >= 0.3 is 5.97 Å². The number of hydrogen-bond donors (Lipinski definition) is 2. The van der Waals surface area contributed by atoms with Crippen LogP contribution in [0.2, 0.25) is 4.34 Å². The molecule has 1 aliphatic carbocycles. The lowest BCUT2D eigenvalue weighted by Gasteiger charge is -2.30. The highest BCUT2D eigenvalue weighted by Gasteiger charge is 2.56. The molecule has 2 fully saturated rings. The Morgan fingerprint density at radius 2 is 1.81 bits per heavy atom. The van der Waals surface area contributed by atoms with Crippen LogP contribution in [0.3, 0.4) is 0 Å². The number of rotatable bonds is 10. The Bertz CT molecular complexity index is 1150. The quantitative estimate of drug-likeness (QED) is 0.447. The van der Waals surface area contributed by atoms with Crippen LogP contribution in [0.15, 0.2) is 42.5 Å². The van der Waals surface area contributed by atoms with E-state index in [0.717, 1.165) is 16.9 Å². The average molecular weight is 546 g/mol. The van der Waals surface area contributed by atoms with Gasteiger partial charge in [-0.25, -0.2) is 4.79 Å². The van der Waals surface area contributed by atoms with Crippen molar-refractivity contribution in [3.8, 4) is 0 Å². The molecule has 1 aliphatic heterocycles. The standard InChI is InChI=1S/C27H32ClN3O5S/c1-15(2)24(26(34)29-19(27(35)36-3)11-16-7-5-4-6-8-16)30-25(33)21-13-17-12-20(17)31(21)23(32)14-18-9-10-22(28)37-18/h4-10,15,17,19-21,24H,11-14H2,1-3H3,(H,29,34)(H,30,33)/t17-,19+,20-,21-,24?/m1/s1. The third kappa shape index (κ3) is 6.51. The first-order valence-corrected chi connectivity index (χ1v) is 13.6. The van der Waals surface area contributed by atoms with Gasteiger partial charge in [0.2, 0.25) is 17.7 Å². The van der Waals surface area contributed by atoms with Crippen LogP contribution in [0.5, 0.6) is 0 Å². The number of piperidine rings is 1. The van der Waals surface area contributed by atoms with Gasteiger partial charge < -0.3 is 20.3 Å². The number of fused-ring (bicyclic) bond motifs is 1. The molecule has 1 aromatic carbocycles. The van der Waals surface area contributed by atoms with Crippen molar-refractivity contribution in [3.05, 3.63) is 57.2 Å². The van der Waals surface area contributed by atoms with E-state index >= 15 is 0 Å². The summed E-state index contributed by atoms with van der Waals surface area (Å²) in [6.45, 7) is 3.65. The Hall–Kier alpha value is -2.91. The maximum atomic E-state index is 13.4. The minimum Gasteiger partial charge on any atom is -0.467 e. The Balaban J connectivity index is 1.42. The smallest absolute Gasteiger partial charge is 0.328 e. The highest BCUT2D eigenvalue weighted by molar-refractivity contribution is 7.16. The van der Waals surface area contributed by atoms with Gasteiger partial charge in [-0.3, -0.25) is 14.4 Å². The second kappa shape index (κ2) is 11.6. The third-order valence-electron chi connectivity index (χ3n) is 6.98. The lowest BCUT2D eigenvalue weighted by atomic mass is 10.0. The van der Waals surface area contributed by atoms with Gasteiger partial charge in [0.1, 0.15) is 18.1 Å². The van der Waals surface area contributed by atoms with Gasteiger partial charge in [-0.15, -0.1) is 11.3 Å². The summed E-state index contributed by atoms with van der Waals surface area (Å²) in [6, 6.07) is 10.6. The van der Waals surface area contributed by atoms with Crippen LogP contribution in [0.25, 0.3) is 0 Å². The number of likely N-dealkylation sites (tertiary alicyclic amines) is 1. The van der Waals surface area contributed by atoms with Gasteiger partial charge in [-0.2, -0.15) is 0 Å². The molecule has 4 rings (SSSR count). The summed E-state index contributed by atoms with van der Waals surface area (Å²) in [5.74, 6) is -1.42. The molecular weight excluding hydrogens is 514 g/mol. The fraction of sp³-hybridized carbons (Fsp3) is 0.481. The van der Waals surface area contributed by atoms with Gasteiger partial charge in [-0.1, -0.05) is 55.8 Å². The molecule has 198 valence electrons. The van der Waals surface area contributed by atoms with Crippen molar-refractivity contribution in [2.45, 2.75) is 63.7 Å². The van der Waals surface area contributed by atoms with Crippen molar-refractivity contribution >= 4 is 46.6 Å². The van der Waals surface area contributed by atoms with Crippen LogP contribution in [0.1, 0.15) is 37.1 Å². The number of amides is 3. The SMILES string of the molecule is COC(=O)[C@H](Cc1ccccc1)NC(=O)C(NC(=O)[C@H]1C[C@H]2C[C@H]2N1C(=O)Cc1ccc(Cl)s1)C(C)C. The molecule has 1 aromatic heterocycles. The number of nitrogens with one attached hydrogen (secondary N) is 2. The first-order valence-electron chi connectivity index (χ1n) is 12.5. The summed E-state index contributed by atoms with van der Waals surface area (Å²) < 4.78 is 5.52. The van der Waals surface area contributed by atoms with Crippen LogP contribution in [0.4, 0.5) is 0 Å². The number of ether oxygens (including phenoxy) is 1. The molecule has 2 heterocycles. The minimum atomic E-state index is -0.895.